The first-order valence-corrected chi connectivity index (χ1v) is 4.59. The fourth-order valence-corrected chi connectivity index (χ4v) is 1.59. The van der Waals surface area contributed by atoms with Crippen LogP contribution in [0.2, 0.25) is 0 Å². The molecule has 0 amide bonds. The molecule has 1 aromatic carbocycles. The Kier molecular flexibility index (Phi) is 2.27. The van der Waals surface area contributed by atoms with Gasteiger partial charge in [-0.1, -0.05) is 18.2 Å². The van der Waals surface area contributed by atoms with E-state index in [9.17, 15) is 4.79 Å². The molecule has 0 atom stereocenters. The number of fused-ring (bicyclic) bond motifs is 1. The third kappa shape index (κ3) is 1.51. The lowest BCUT2D eigenvalue weighted by Crippen LogP contribution is -1.90. The normalized spacial score (nSPS) is 10.4. The Labute approximate surface area is 82.6 Å². The van der Waals surface area contributed by atoms with Gasteiger partial charge >= 0.3 is 0 Å². The van der Waals surface area contributed by atoms with Gasteiger partial charge in [-0.2, -0.15) is 0 Å². The fraction of sp³-hybridized carbons (Fsp3) is 0.167. The number of aromatic nitrogens is 1. The second-order valence-electron chi connectivity index (χ2n) is 3.37. The molecule has 0 radical (unpaired) electrons. The smallest absolute Gasteiger partial charge is 0.124 e. The van der Waals surface area contributed by atoms with Crippen LogP contribution in [0.3, 0.4) is 0 Å². The van der Waals surface area contributed by atoms with Crippen LogP contribution in [0.4, 0.5) is 0 Å². The van der Waals surface area contributed by atoms with Gasteiger partial charge in [0.15, 0.2) is 0 Å². The maximum absolute atomic E-state index is 10.5. The number of pyridine rings is 1. The molecule has 2 rings (SSSR count). The van der Waals surface area contributed by atoms with E-state index in [1.807, 2.05) is 31.3 Å². The van der Waals surface area contributed by atoms with Crippen LogP contribution in [0.25, 0.3) is 10.9 Å². The molecule has 0 saturated carbocycles. The van der Waals surface area contributed by atoms with Crippen molar-refractivity contribution in [2.75, 3.05) is 0 Å². The zero-order chi connectivity index (χ0) is 9.97. The van der Waals surface area contributed by atoms with Crippen LogP contribution in [0.15, 0.2) is 30.5 Å². The van der Waals surface area contributed by atoms with Crippen LogP contribution >= 0.6 is 0 Å². The van der Waals surface area contributed by atoms with Crippen molar-refractivity contribution in [1.82, 2.24) is 4.98 Å². The molecule has 0 aliphatic carbocycles. The van der Waals surface area contributed by atoms with Crippen LogP contribution in [0.5, 0.6) is 0 Å². The summed E-state index contributed by atoms with van der Waals surface area (Å²) in [6.45, 7) is 2.01. The van der Waals surface area contributed by atoms with E-state index in [4.69, 9.17) is 0 Å². The van der Waals surface area contributed by atoms with Gasteiger partial charge in [0.1, 0.15) is 6.29 Å². The molecule has 1 aromatic heterocycles. The molecule has 1 heterocycles. The van der Waals surface area contributed by atoms with Gasteiger partial charge in [0.2, 0.25) is 0 Å². The SMILES string of the molecule is Cc1cnc2c(CC=O)cccc2c1. The van der Waals surface area contributed by atoms with Crippen molar-refractivity contribution >= 4 is 17.2 Å². The minimum absolute atomic E-state index is 0.438. The lowest BCUT2D eigenvalue weighted by Gasteiger charge is -2.02. The number of benzene rings is 1. The Balaban J connectivity index is 2.68. The second-order valence-corrected chi connectivity index (χ2v) is 3.37. The first kappa shape index (κ1) is 8.88. The summed E-state index contributed by atoms with van der Waals surface area (Å²) in [5.41, 5.74) is 3.07. The molecule has 14 heavy (non-hydrogen) atoms. The van der Waals surface area contributed by atoms with E-state index >= 15 is 0 Å². The number of nitrogens with zero attached hydrogens (tertiary/aromatic N) is 1. The van der Waals surface area contributed by atoms with E-state index in [0.29, 0.717) is 6.42 Å². The standard InChI is InChI=1S/C12H11NO/c1-9-7-11-4-2-3-10(5-6-14)12(11)13-8-9/h2-4,6-8H,5H2,1H3. The molecular weight excluding hydrogens is 174 g/mol. The third-order valence-corrected chi connectivity index (χ3v) is 2.23. The predicted molar refractivity (Wildman–Crippen MR) is 56.2 cm³/mol. The molecule has 2 heteroatoms. The van der Waals surface area contributed by atoms with Crippen LogP contribution in [0.1, 0.15) is 11.1 Å². The number of hydrogen-bond acceptors (Lipinski definition) is 2. The zero-order valence-corrected chi connectivity index (χ0v) is 8.03. The largest absolute Gasteiger partial charge is 0.303 e. The zero-order valence-electron chi connectivity index (χ0n) is 8.03. The highest BCUT2D eigenvalue weighted by Gasteiger charge is 2.00. The predicted octanol–water partition coefficient (Wildman–Crippen LogP) is 2.28. The molecule has 0 N–H and O–H groups in total. The van der Waals surface area contributed by atoms with Gasteiger partial charge in [-0.25, -0.2) is 0 Å². The topological polar surface area (TPSA) is 30.0 Å². The summed E-state index contributed by atoms with van der Waals surface area (Å²) >= 11 is 0. The van der Waals surface area contributed by atoms with Gasteiger partial charge < -0.3 is 4.79 Å². The van der Waals surface area contributed by atoms with Gasteiger partial charge in [0, 0.05) is 18.0 Å². The molecule has 0 fully saturated rings. The lowest BCUT2D eigenvalue weighted by atomic mass is 10.1. The number of aldehydes is 1. The quantitative estimate of drug-likeness (QED) is 0.672. The highest BCUT2D eigenvalue weighted by atomic mass is 16.1. The van der Waals surface area contributed by atoms with Crippen molar-refractivity contribution in [1.29, 1.82) is 0 Å². The first-order valence-electron chi connectivity index (χ1n) is 4.59. The van der Waals surface area contributed by atoms with E-state index in [2.05, 4.69) is 11.1 Å². The van der Waals surface area contributed by atoms with Gasteiger partial charge in [-0.15, -0.1) is 0 Å². The van der Waals surface area contributed by atoms with Gasteiger partial charge in [0.05, 0.1) is 5.52 Å². The number of carbonyl (C=O) groups is 1. The summed E-state index contributed by atoms with van der Waals surface area (Å²) in [5, 5.41) is 1.10. The second kappa shape index (κ2) is 3.58. The minimum atomic E-state index is 0.438. The number of aryl methyl sites for hydroxylation is 1. The Morgan fingerprint density at radius 3 is 3.07 bits per heavy atom. The maximum atomic E-state index is 10.5. The molecule has 0 aliphatic heterocycles. The van der Waals surface area contributed by atoms with E-state index in [-0.39, 0.29) is 0 Å². The van der Waals surface area contributed by atoms with Crippen molar-refractivity contribution in [2.45, 2.75) is 13.3 Å². The summed E-state index contributed by atoms with van der Waals surface area (Å²) in [6.07, 6.45) is 3.18. The summed E-state index contributed by atoms with van der Waals surface area (Å²) in [4.78, 5) is 14.8. The number of carbonyl (C=O) groups excluding carboxylic acids is 1. The van der Waals surface area contributed by atoms with Crippen molar-refractivity contribution < 1.29 is 4.79 Å². The third-order valence-electron chi connectivity index (χ3n) is 2.23. The first-order chi connectivity index (χ1) is 6.81. The average Bonchev–Trinajstić information content (AvgIpc) is 2.18. The summed E-state index contributed by atoms with van der Waals surface area (Å²) in [5.74, 6) is 0. The molecular formula is C12H11NO. The Bertz CT molecular complexity index is 477. The molecule has 0 unspecified atom stereocenters. The number of rotatable bonds is 2. The van der Waals surface area contributed by atoms with E-state index in [1.165, 1.54) is 0 Å². The van der Waals surface area contributed by atoms with Gasteiger partial charge in [0.25, 0.3) is 0 Å². The summed E-state index contributed by atoms with van der Waals surface area (Å²) in [7, 11) is 0. The van der Waals surface area contributed by atoms with Crippen molar-refractivity contribution in [3.8, 4) is 0 Å². The Morgan fingerprint density at radius 2 is 2.29 bits per heavy atom. The number of para-hydroxylation sites is 1. The van der Waals surface area contributed by atoms with Crippen LogP contribution in [0, 0.1) is 6.92 Å². The molecule has 70 valence electrons. The van der Waals surface area contributed by atoms with E-state index in [1.54, 1.807) is 0 Å². The van der Waals surface area contributed by atoms with E-state index < -0.39 is 0 Å². The molecule has 0 saturated heterocycles. The van der Waals surface area contributed by atoms with Gasteiger partial charge in [-0.05, 0) is 24.1 Å². The fourth-order valence-electron chi connectivity index (χ4n) is 1.59. The monoisotopic (exact) mass is 185 g/mol. The van der Waals surface area contributed by atoms with Crippen LogP contribution in [-0.4, -0.2) is 11.3 Å². The summed E-state index contributed by atoms with van der Waals surface area (Å²) in [6, 6.07) is 8.00. The average molecular weight is 185 g/mol. The Morgan fingerprint density at radius 1 is 1.43 bits per heavy atom. The van der Waals surface area contributed by atoms with Gasteiger partial charge in [-0.3, -0.25) is 4.98 Å². The Hall–Kier alpha value is -1.70. The molecule has 2 aromatic rings. The molecule has 2 nitrogen and oxygen atoms in total. The maximum Gasteiger partial charge on any atom is 0.124 e. The van der Waals surface area contributed by atoms with Crippen molar-refractivity contribution in [3.63, 3.8) is 0 Å². The van der Waals surface area contributed by atoms with Crippen molar-refractivity contribution in [3.05, 3.63) is 41.6 Å². The number of hydrogen-bond donors (Lipinski definition) is 0. The van der Waals surface area contributed by atoms with E-state index in [0.717, 1.165) is 28.3 Å². The summed E-state index contributed by atoms with van der Waals surface area (Å²) < 4.78 is 0. The molecule has 0 bridgehead atoms. The minimum Gasteiger partial charge on any atom is -0.303 e. The lowest BCUT2D eigenvalue weighted by molar-refractivity contribution is -0.107. The highest BCUT2D eigenvalue weighted by molar-refractivity contribution is 5.83. The van der Waals surface area contributed by atoms with Crippen molar-refractivity contribution in [2.24, 2.45) is 0 Å². The molecule has 0 spiro atoms. The van der Waals surface area contributed by atoms with Crippen LogP contribution < -0.4 is 0 Å². The molecule has 0 aliphatic rings. The van der Waals surface area contributed by atoms with Crippen LogP contribution in [-0.2, 0) is 11.2 Å². The highest BCUT2D eigenvalue weighted by Crippen LogP contribution is 2.17.